The highest BCUT2D eigenvalue weighted by atomic mass is 35.5. The molecular formula is C18H20ClN3O3S2. The number of sulfonamides is 1. The van der Waals surface area contributed by atoms with Crippen LogP contribution in [-0.4, -0.2) is 51.8 Å². The van der Waals surface area contributed by atoms with E-state index in [1.807, 2.05) is 18.4 Å². The van der Waals surface area contributed by atoms with Crippen molar-refractivity contribution in [2.24, 2.45) is 0 Å². The van der Waals surface area contributed by atoms with Crippen LogP contribution in [-0.2, 0) is 10.0 Å². The van der Waals surface area contributed by atoms with Crippen LogP contribution in [0.2, 0.25) is 5.02 Å². The summed E-state index contributed by atoms with van der Waals surface area (Å²) in [5.41, 5.74) is 1.14. The summed E-state index contributed by atoms with van der Waals surface area (Å²) in [6.45, 7) is 2.19. The van der Waals surface area contributed by atoms with Crippen LogP contribution >= 0.6 is 23.4 Å². The van der Waals surface area contributed by atoms with Gasteiger partial charge >= 0.3 is 6.03 Å². The second-order valence-electron chi connectivity index (χ2n) is 6.01. The minimum absolute atomic E-state index is 0.00721. The summed E-state index contributed by atoms with van der Waals surface area (Å²) in [5.74, 6) is 0. The van der Waals surface area contributed by atoms with E-state index < -0.39 is 16.1 Å². The minimum atomic E-state index is -3.92. The SMILES string of the molecule is CSc1ccccc1N1CCN(C(=O)NS(=O)(=O)c2ccc(Cl)cc2)CC1. The average molecular weight is 426 g/mol. The van der Waals surface area contributed by atoms with Gasteiger partial charge in [0.2, 0.25) is 0 Å². The topological polar surface area (TPSA) is 69.7 Å². The Labute approximate surface area is 168 Å². The molecule has 0 aliphatic carbocycles. The maximum Gasteiger partial charge on any atom is 0.331 e. The zero-order chi connectivity index (χ0) is 19.4. The van der Waals surface area contributed by atoms with Gasteiger partial charge in [0.15, 0.2) is 0 Å². The maximum atomic E-state index is 12.4. The highest BCUT2D eigenvalue weighted by Crippen LogP contribution is 2.29. The number of para-hydroxylation sites is 1. The molecule has 9 heteroatoms. The Morgan fingerprint density at radius 2 is 1.67 bits per heavy atom. The van der Waals surface area contributed by atoms with Gasteiger partial charge in [0.25, 0.3) is 10.0 Å². The van der Waals surface area contributed by atoms with Crippen molar-refractivity contribution in [3.8, 4) is 0 Å². The van der Waals surface area contributed by atoms with Crippen LogP contribution in [0.3, 0.4) is 0 Å². The molecule has 0 unspecified atom stereocenters. The minimum Gasteiger partial charge on any atom is -0.367 e. The summed E-state index contributed by atoms with van der Waals surface area (Å²) in [5, 5.41) is 0.432. The van der Waals surface area contributed by atoms with Crippen molar-refractivity contribution in [3.63, 3.8) is 0 Å². The third kappa shape index (κ3) is 4.69. The maximum absolute atomic E-state index is 12.4. The number of carbonyl (C=O) groups excluding carboxylic acids is 1. The summed E-state index contributed by atoms with van der Waals surface area (Å²) >= 11 is 7.46. The largest absolute Gasteiger partial charge is 0.367 e. The van der Waals surface area contributed by atoms with Gasteiger partial charge < -0.3 is 9.80 Å². The van der Waals surface area contributed by atoms with Gasteiger partial charge in [0, 0.05) is 36.1 Å². The second-order valence-corrected chi connectivity index (χ2v) is 8.98. The monoisotopic (exact) mass is 425 g/mol. The van der Waals surface area contributed by atoms with Gasteiger partial charge in [-0.3, -0.25) is 0 Å². The van der Waals surface area contributed by atoms with Crippen molar-refractivity contribution in [2.45, 2.75) is 9.79 Å². The first-order valence-electron chi connectivity index (χ1n) is 8.36. The van der Waals surface area contributed by atoms with Gasteiger partial charge in [0.05, 0.1) is 10.6 Å². The number of piperazine rings is 1. The standard InChI is InChI=1S/C18H20ClN3O3S2/c1-26-17-5-3-2-4-16(17)21-10-12-22(13-11-21)18(23)20-27(24,25)15-8-6-14(19)7-9-15/h2-9H,10-13H2,1H3,(H,20,23). The molecule has 144 valence electrons. The Morgan fingerprint density at radius 3 is 2.30 bits per heavy atom. The number of benzene rings is 2. The molecule has 2 amide bonds. The summed E-state index contributed by atoms with van der Waals surface area (Å²) in [7, 11) is -3.92. The number of nitrogens with one attached hydrogen (secondary N) is 1. The van der Waals surface area contributed by atoms with Crippen LogP contribution in [0, 0.1) is 0 Å². The molecule has 6 nitrogen and oxygen atoms in total. The van der Waals surface area contributed by atoms with Crippen LogP contribution in [0.4, 0.5) is 10.5 Å². The van der Waals surface area contributed by atoms with Crippen molar-refractivity contribution in [3.05, 3.63) is 53.6 Å². The predicted molar refractivity (Wildman–Crippen MR) is 109 cm³/mol. The normalized spacial score (nSPS) is 14.9. The Hall–Kier alpha value is -1.90. The van der Waals surface area contributed by atoms with E-state index in [4.69, 9.17) is 11.6 Å². The van der Waals surface area contributed by atoms with E-state index in [-0.39, 0.29) is 4.90 Å². The molecule has 2 aromatic carbocycles. The van der Waals surface area contributed by atoms with Crippen LogP contribution in [0.1, 0.15) is 0 Å². The molecule has 1 fully saturated rings. The number of thioether (sulfide) groups is 1. The summed E-state index contributed by atoms with van der Waals surface area (Å²) in [6.07, 6.45) is 2.03. The lowest BCUT2D eigenvalue weighted by atomic mass is 10.2. The number of hydrogen-bond donors (Lipinski definition) is 1. The molecule has 0 radical (unpaired) electrons. The zero-order valence-electron chi connectivity index (χ0n) is 14.8. The summed E-state index contributed by atoms with van der Waals surface area (Å²) in [4.78, 5) is 17.3. The first-order chi connectivity index (χ1) is 12.9. The molecule has 1 aliphatic rings. The lowest BCUT2D eigenvalue weighted by molar-refractivity contribution is 0.200. The molecule has 0 aromatic heterocycles. The van der Waals surface area contributed by atoms with Gasteiger partial charge in [-0.2, -0.15) is 0 Å². The predicted octanol–water partition coefficient (Wildman–Crippen LogP) is 3.28. The van der Waals surface area contributed by atoms with Crippen molar-refractivity contribution < 1.29 is 13.2 Å². The fraction of sp³-hybridized carbons (Fsp3) is 0.278. The average Bonchev–Trinajstić information content (AvgIpc) is 2.68. The van der Waals surface area contributed by atoms with Crippen molar-refractivity contribution in [2.75, 3.05) is 37.3 Å². The molecule has 1 aliphatic heterocycles. The Morgan fingerprint density at radius 1 is 1.04 bits per heavy atom. The zero-order valence-corrected chi connectivity index (χ0v) is 17.1. The number of amides is 2. The second kappa shape index (κ2) is 8.41. The molecule has 2 aromatic rings. The number of nitrogens with zero attached hydrogens (tertiary/aromatic N) is 2. The first-order valence-corrected chi connectivity index (χ1v) is 11.4. The molecule has 0 atom stereocenters. The number of carbonyl (C=O) groups is 1. The fourth-order valence-corrected chi connectivity index (χ4v) is 4.61. The van der Waals surface area contributed by atoms with Gasteiger partial charge in [-0.25, -0.2) is 17.9 Å². The van der Waals surface area contributed by atoms with E-state index in [1.54, 1.807) is 11.8 Å². The van der Waals surface area contributed by atoms with E-state index in [0.29, 0.717) is 31.2 Å². The van der Waals surface area contributed by atoms with E-state index >= 15 is 0 Å². The van der Waals surface area contributed by atoms with Gasteiger partial charge in [0.1, 0.15) is 0 Å². The number of halogens is 1. The van der Waals surface area contributed by atoms with Crippen molar-refractivity contribution >= 4 is 45.1 Å². The molecule has 0 bridgehead atoms. The molecular weight excluding hydrogens is 406 g/mol. The smallest absolute Gasteiger partial charge is 0.331 e. The summed E-state index contributed by atoms with van der Waals surface area (Å²) < 4.78 is 26.8. The fourth-order valence-electron chi connectivity index (χ4n) is 2.89. The number of hydrogen-bond acceptors (Lipinski definition) is 5. The molecule has 1 N–H and O–H groups in total. The van der Waals surface area contributed by atoms with Crippen LogP contribution in [0.15, 0.2) is 58.3 Å². The van der Waals surface area contributed by atoms with E-state index in [1.165, 1.54) is 34.1 Å². The van der Waals surface area contributed by atoms with Crippen molar-refractivity contribution in [1.29, 1.82) is 0 Å². The van der Waals surface area contributed by atoms with Gasteiger partial charge in [-0.15, -0.1) is 11.8 Å². The third-order valence-corrected chi connectivity index (χ3v) is 6.71. The van der Waals surface area contributed by atoms with Crippen LogP contribution in [0.5, 0.6) is 0 Å². The van der Waals surface area contributed by atoms with Gasteiger partial charge in [-0.1, -0.05) is 23.7 Å². The Bertz CT molecular complexity index is 912. The lowest BCUT2D eigenvalue weighted by Gasteiger charge is -2.36. The number of rotatable bonds is 4. The number of urea groups is 1. The van der Waals surface area contributed by atoms with E-state index in [2.05, 4.69) is 21.8 Å². The molecule has 0 saturated carbocycles. The number of anilines is 1. The van der Waals surface area contributed by atoms with Crippen LogP contribution in [0.25, 0.3) is 0 Å². The first kappa shape index (κ1) is 19.9. The van der Waals surface area contributed by atoms with Crippen LogP contribution < -0.4 is 9.62 Å². The third-order valence-electron chi connectivity index (χ3n) is 4.34. The van der Waals surface area contributed by atoms with Gasteiger partial charge in [-0.05, 0) is 42.7 Å². The Balaban J connectivity index is 1.62. The quantitative estimate of drug-likeness (QED) is 0.761. The summed E-state index contributed by atoms with van der Waals surface area (Å²) in [6, 6.07) is 13.2. The Kier molecular flexibility index (Phi) is 6.18. The molecule has 27 heavy (non-hydrogen) atoms. The lowest BCUT2D eigenvalue weighted by Crippen LogP contribution is -2.52. The van der Waals surface area contributed by atoms with Crippen molar-refractivity contribution in [1.82, 2.24) is 9.62 Å². The molecule has 3 rings (SSSR count). The van der Waals surface area contributed by atoms with E-state index in [0.717, 1.165) is 5.69 Å². The molecule has 0 spiro atoms. The van der Waals surface area contributed by atoms with E-state index in [9.17, 15) is 13.2 Å². The highest BCUT2D eigenvalue weighted by Gasteiger charge is 2.26. The molecule has 1 heterocycles. The molecule has 1 saturated heterocycles. The highest BCUT2D eigenvalue weighted by molar-refractivity contribution is 7.98.